The first kappa shape index (κ1) is 15.1. The van der Waals surface area contributed by atoms with Crippen molar-refractivity contribution in [3.8, 4) is 0 Å². The van der Waals surface area contributed by atoms with Crippen LogP contribution in [0.25, 0.3) is 0 Å². The summed E-state index contributed by atoms with van der Waals surface area (Å²) >= 11 is 0. The minimum atomic E-state index is -1.45. The highest BCUT2D eigenvalue weighted by Gasteiger charge is 2.37. The number of hydrogen-bond donors (Lipinski definition) is 1. The van der Waals surface area contributed by atoms with Gasteiger partial charge < -0.3 is 10.0 Å². The second-order valence-electron chi connectivity index (χ2n) is 5.04. The quantitative estimate of drug-likeness (QED) is 0.829. The molecule has 0 saturated carbocycles. The predicted molar refractivity (Wildman–Crippen MR) is 69.2 cm³/mol. The second kappa shape index (κ2) is 5.82. The van der Waals surface area contributed by atoms with Gasteiger partial charge in [-0.15, -0.1) is 0 Å². The molecule has 1 N–H and O–H groups in total. The number of carbonyl (C=O) groups is 2. The van der Waals surface area contributed by atoms with Crippen LogP contribution in [0.2, 0.25) is 0 Å². The second-order valence-corrected chi connectivity index (χ2v) is 5.04. The van der Waals surface area contributed by atoms with Crippen molar-refractivity contribution in [2.75, 3.05) is 13.6 Å². The Kier molecular flexibility index (Phi) is 4.64. The molecule has 0 aliphatic carbocycles. The van der Waals surface area contributed by atoms with E-state index in [-0.39, 0.29) is 5.82 Å². The number of benzene rings is 1. The Hall–Kier alpha value is -1.91. The van der Waals surface area contributed by atoms with Crippen molar-refractivity contribution < 1.29 is 19.1 Å². The number of carboxylic acids is 1. The zero-order valence-corrected chi connectivity index (χ0v) is 11.3. The Morgan fingerprint density at radius 1 is 1.37 bits per heavy atom. The van der Waals surface area contributed by atoms with E-state index in [2.05, 4.69) is 0 Å². The first-order valence-electron chi connectivity index (χ1n) is 5.98. The first-order chi connectivity index (χ1) is 8.75. The van der Waals surface area contributed by atoms with Gasteiger partial charge in [0.05, 0.1) is 0 Å². The van der Waals surface area contributed by atoms with Crippen LogP contribution in [0, 0.1) is 11.2 Å². The minimum Gasteiger partial charge on any atom is -0.480 e. The van der Waals surface area contributed by atoms with Crippen LogP contribution in [0.3, 0.4) is 0 Å². The van der Waals surface area contributed by atoms with E-state index in [0.29, 0.717) is 13.0 Å². The topological polar surface area (TPSA) is 57.6 Å². The summed E-state index contributed by atoms with van der Waals surface area (Å²) in [6, 6.07) is 6.13. The third-order valence-corrected chi connectivity index (χ3v) is 3.04. The summed E-state index contributed by atoms with van der Waals surface area (Å²) in [6.07, 6.45) is 0.482. The molecule has 19 heavy (non-hydrogen) atoms. The highest BCUT2D eigenvalue weighted by Crippen LogP contribution is 2.18. The number of nitrogens with zero attached hydrogens (tertiary/aromatic N) is 1. The lowest BCUT2D eigenvalue weighted by atomic mass is 9.92. The molecule has 0 aliphatic rings. The highest BCUT2D eigenvalue weighted by atomic mass is 19.1. The van der Waals surface area contributed by atoms with Crippen molar-refractivity contribution in [1.82, 2.24) is 4.90 Å². The van der Waals surface area contributed by atoms with Crippen molar-refractivity contribution in [2.45, 2.75) is 20.3 Å². The number of likely N-dealkylation sites (N-methyl/N-ethyl adjacent to an activating group) is 1. The Labute approximate surface area is 111 Å². The molecule has 1 aromatic rings. The molecule has 0 aliphatic heterocycles. The van der Waals surface area contributed by atoms with Crippen LogP contribution in [0.5, 0.6) is 0 Å². The van der Waals surface area contributed by atoms with Crippen molar-refractivity contribution in [2.24, 2.45) is 5.41 Å². The number of carbonyl (C=O) groups excluding carboxylic acids is 1. The third kappa shape index (κ3) is 3.77. The molecule has 1 rings (SSSR count). The number of amides is 1. The summed E-state index contributed by atoms with van der Waals surface area (Å²) in [4.78, 5) is 24.3. The maximum absolute atomic E-state index is 13.0. The third-order valence-electron chi connectivity index (χ3n) is 3.04. The molecule has 0 unspecified atom stereocenters. The smallest absolute Gasteiger partial charge is 0.318 e. The van der Waals surface area contributed by atoms with Gasteiger partial charge >= 0.3 is 5.97 Å². The van der Waals surface area contributed by atoms with Crippen molar-refractivity contribution in [3.05, 3.63) is 35.6 Å². The lowest BCUT2D eigenvalue weighted by Gasteiger charge is -2.25. The van der Waals surface area contributed by atoms with Crippen LogP contribution in [0.15, 0.2) is 24.3 Å². The fraction of sp³-hybridized carbons (Fsp3) is 0.429. The first-order valence-corrected chi connectivity index (χ1v) is 5.98. The fourth-order valence-electron chi connectivity index (χ4n) is 1.66. The number of halogens is 1. The van der Waals surface area contributed by atoms with Gasteiger partial charge in [-0.1, -0.05) is 12.1 Å². The Morgan fingerprint density at radius 3 is 2.53 bits per heavy atom. The molecule has 1 amide bonds. The molecule has 0 fully saturated rings. The Balaban J connectivity index is 2.63. The lowest BCUT2D eigenvalue weighted by molar-refractivity contribution is -0.157. The van der Waals surface area contributed by atoms with Crippen molar-refractivity contribution >= 4 is 11.9 Å². The Bertz CT molecular complexity index is 485. The van der Waals surface area contributed by atoms with Crippen LogP contribution in [0.1, 0.15) is 19.4 Å². The molecule has 104 valence electrons. The van der Waals surface area contributed by atoms with Crippen LogP contribution in [-0.2, 0) is 16.0 Å². The molecule has 0 aromatic heterocycles. The predicted octanol–water partition coefficient (Wildman–Crippen LogP) is 1.94. The molecule has 0 bridgehead atoms. The van der Waals surface area contributed by atoms with Crippen LogP contribution >= 0.6 is 0 Å². The zero-order valence-electron chi connectivity index (χ0n) is 11.3. The Morgan fingerprint density at radius 2 is 2.00 bits per heavy atom. The van der Waals surface area contributed by atoms with Gasteiger partial charge in [0.2, 0.25) is 5.91 Å². The van der Waals surface area contributed by atoms with Gasteiger partial charge in [-0.25, -0.2) is 4.39 Å². The van der Waals surface area contributed by atoms with E-state index in [4.69, 9.17) is 5.11 Å². The van der Waals surface area contributed by atoms with Gasteiger partial charge in [0, 0.05) is 13.6 Å². The highest BCUT2D eigenvalue weighted by molar-refractivity contribution is 6.00. The van der Waals surface area contributed by atoms with E-state index < -0.39 is 17.3 Å². The molecule has 5 heteroatoms. The van der Waals surface area contributed by atoms with E-state index in [0.717, 1.165) is 5.56 Å². The van der Waals surface area contributed by atoms with Gasteiger partial charge in [0.1, 0.15) is 11.2 Å². The summed E-state index contributed by atoms with van der Waals surface area (Å²) in [5.41, 5.74) is -0.677. The fourth-order valence-corrected chi connectivity index (χ4v) is 1.66. The van der Waals surface area contributed by atoms with Crippen molar-refractivity contribution in [1.29, 1.82) is 0 Å². The number of carboxylic acid groups (broad SMARTS) is 1. The van der Waals surface area contributed by atoms with E-state index in [1.807, 2.05) is 0 Å². The molecule has 1 aromatic carbocycles. The number of hydrogen-bond acceptors (Lipinski definition) is 2. The van der Waals surface area contributed by atoms with Crippen LogP contribution in [0.4, 0.5) is 4.39 Å². The van der Waals surface area contributed by atoms with Crippen LogP contribution in [-0.4, -0.2) is 35.5 Å². The molecule has 0 heterocycles. The largest absolute Gasteiger partial charge is 0.480 e. The molecule has 0 saturated heterocycles. The monoisotopic (exact) mass is 267 g/mol. The van der Waals surface area contributed by atoms with Gasteiger partial charge in [-0.2, -0.15) is 0 Å². The number of rotatable bonds is 5. The lowest BCUT2D eigenvalue weighted by Crippen LogP contribution is -2.44. The SMILES string of the molecule is CN(CCc1cccc(F)c1)C(=O)C(C)(C)C(=O)O. The van der Waals surface area contributed by atoms with Gasteiger partial charge in [-0.3, -0.25) is 9.59 Å². The van der Waals surface area contributed by atoms with Gasteiger partial charge in [0.15, 0.2) is 0 Å². The number of aliphatic carboxylic acids is 1. The van der Waals surface area contributed by atoms with Gasteiger partial charge in [0.25, 0.3) is 0 Å². The van der Waals surface area contributed by atoms with E-state index in [9.17, 15) is 14.0 Å². The van der Waals surface area contributed by atoms with Crippen molar-refractivity contribution in [3.63, 3.8) is 0 Å². The molecule has 0 spiro atoms. The van der Waals surface area contributed by atoms with E-state index in [1.54, 1.807) is 19.2 Å². The summed E-state index contributed by atoms with van der Waals surface area (Å²) in [5, 5.41) is 8.99. The summed E-state index contributed by atoms with van der Waals surface area (Å²) in [7, 11) is 1.55. The maximum atomic E-state index is 13.0. The molecule has 4 nitrogen and oxygen atoms in total. The molecule has 0 radical (unpaired) electrons. The minimum absolute atomic E-state index is 0.322. The molecule has 0 atom stereocenters. The van der Waals surface area contributed by atoms with Crippen LogP contribution < -0.4 is 0 Å². The van der Waals surface area contributed by atoms with E-state index in [1.165, 1.54) is 30.9 Å². The molecular formula is C14H18FNO3. The summed E-state index contributed by atoms with van der Waals surface area (Å²) in [6.45, 7) is 3.09. The summed E-state index contributed by atoms with van der Waals surface area (Å²) < 4.78 is 13.0. The normalized spacial score (nSPS) is 11.2. The summed E-state index contributed by atoms with van der Waals surface area (Å²) in [5.74, 6) is -1.94. The average molecular weight is 267 g/mol. The van der Waals surface area contributed by atoms with Gasteiger partial charge in [-0.05, 0) is 38.0 Å². The standard InChI is InChI=1S/C14H18FNO3/c1-14(2,13(18)19)12(17)16(3)8-7-10-5-4-6-11(15)9-10/h4-6,9H,7-8H2,1-3H3,(H,18,19). The van der Waals surface area contributed by atoms with E-state index >= 15 is 0 Å². The average Bonchev–Trinajstić information content (AvgIpc) is 2.34. The zero-order chi connectivity index (χ0) is 14.6. The molecular weight excluding hydrogens is 249 g/mol. The maximum Gasteiger partial charge on any atom is 0.318 e.